The number of carbonyl (C=O) groups excluding carboxylic acids is 1. The van der Waals surface area contributed by atoms with Gasteiger partial charge in [-0.2, -0.15) is 0 Å². The highest BCUT2D eigenvalue weighted by Gasteiger charge is 2.17. The lowest BCUT2D eigenvalue weighted by molar-refractivity contribution is 0.102. The molecule has 3 aromatic rings. The highest BCUT2D eigenvalue weighted by atomic mass is 35.5. The Bertz CT molecular complexity index is 1200. The van der Waals surface area contributed by atoms with Gasteiger partial charge in [0.05, 0.1) is 34.4 Å². The fourth-order valence-corrected chi connectivity index (χ4v) is 4.69. The second kappa shape index (κ2) is 9.60. The topological polar surface area (TPSA) is 87.7 Å². The molecule has 1 amide bonds. The third-order valence-electron chi connectivity index (χ3n) is 5.02. The van der Waals surface area contributed by atoms with Crippen LogP contribution in [0.25, 0.3) is 0 Å². The van der Waals surface area contributed by atoms with Crippen molar-refractivity contribution in [2.24, 2.45) is 0 Å². The minimum Gasteiger partial charge on any atom is -0.378 e. The van der Waals surface area contributed by atoms with Gasteiger partial charge in [-0.15, -0.1) is 0 Å². The van der Waals surface area contributed by atoms with Gasteiger partial charge in [0.25, 0.3) is 15.9 Å². The first-order valence-corrected chi connectivity index (χ1v) is 11.9. The molecule has 1 fully saturated rings. The minimum atomic E-state index is -3.75. The number of nitrogens with one attached hydrogen (secondary N) is 2. The van der Waals surface area contributed by atoms with E-state index in [0.29, 0.717) is 18.9 Å². The molecule has 0 unspecified atom stereocenters. The Hall–Kier alpha value is -3.07. The first kappa shape index (κ1) is 22.1. The summed E-state index contributed by atoms with van der Waals surface area (Å²) in [6.45, 7) is 3.08. The number of morpholine rings is 1. The van der Waals surface area contributed by atoms with Gasteiger partial charge in [-0.25, -0.2) is 8.42 Å². The lowest BCUT2D eigenvalue weighted by Gasteiger charge is -2.28. The van der Waals surface area contributed by atoms with Gasteiger partial charge in [0.1, 0.15) is 0 Å². The van der Waals surface area contributed by atoms with Crippen molar-refractivity contribution in [3.63, 3.8) is 0 Å². The Balaban J connectivity index is 1.43. The van der Waals surface area contributed by atoms with E-state index in [-0.39, 0.29) is 27.1 Å². The van der Waals surface area contributed by atoms with E-state index in [2.05, 4.69) is 14.9 Å². The largest absolute Gasteiger partial charge is 0.378 e. The number of hydrogen-bond acceptors (Lipinski definition) is 5. The molecule has 3 aromatic carbocycles. The second-order valence-electron chi connectivity index (χ2n) is 7.21. The fraction of sp³-hybridized carbons (Fsp3) is 0.174. The molecule has 1 saturated heterocycles. The van der Waals surface area contributed by atoms with E-state index in [0.717, 1.165) is 18.8 Å². The molecule has 4 rings (SSSR count). The highest BCUT2D eigenvalue weighted by Crippen LogP contribution is 2.25. The number of rotatable bonds is 6. The maximum atomic E-state index is 12.7. The third kappa shape index (κ3) is 5.21. The highest BCUT2D eigenvalue weighted by molar-refractivity contribution is 7.92. The zero-order chi connectivity index (χ0) is 22.6. The molecule has 0 bridgehead atoms. The maximum absolute atomic E-state index is 12.7. The van der Waals surface area contributed by atoms with E-state index in [1.807, 2.05) is 24.3 Å². The van der Waals surface area contributed by atoms with Crippen LogP contribution in [0, 0.1) is 0 Å². The number of carbonyl (C=O) groups is 1. The molecule has 0 spiro atoms. The summed E-state index contributed by atoms with van der Waals surface area (Å²) in [6.07, 6.45) is 0. The summed E-state index contributed by atoms with van der Waals surface area (Å²) >= 11 is 6.28. The molecule has 2 N–H and O–H groups in total. The van der Waals surface area contributed by atoms with Crippen molar-refractivity contribution in [2.75, 3.05) is 41.2 Å². The van der Waals surface area contributed by atoms with Gasteiger partial charge in [-0.3, -0.25) is 9.52 Å². The zero-order valence-electron chi connectivity index (χ0n) is 17.1. The van der Waals surface area contributed by atoms with Gasteiger partial charge in [0.15, 0.2) is 0 Å². The number of sulfonamides is 1. The molecule has 0 radical (unpaired) electrons. The number of hydrogen-bond donors (Lipinski definition) is 2. The van der Waals surface area contributed by atoms with E-state index in [1.54, 1.807) is 18.2 Å². The molecule has 0 aliphatic carbocycles. The normalized spacial score (nSPS) is 14.1. The van der Waals surface area contributed by atoms with E-state index >= 15 is 0 Å². The van der Waals surface area contributed by atoms with Crippen molar-refractivity contribution < 1.29 is 17.9 Å². The third-order valence-corrected chi connectivity index (χ3v) is 6.73. The molecule has 1 heterocycles. The molecule has 0 saturated carbocycles. The van der Waals surface area contributed by atoms with Gasteiger partial charge < -0.3 is 15.0 Å². The molecule has 1 aliphatic heterocycles. The lowest BCUT2D eigenvalue weighted by Crippen LogP contribution is -2.36. The first-order chi connectivity index (χ1) is 15.4. The van der Waals surface area contributed by atoms with Crippen LogP contribution in [-0.4, -0.2) is 40.6 Å². The average molecular weight is 472 g/mol. The Labute approximate surface area is 192 Å². The summed E-state index contributed by atoms with van der Waals surface area (Å²) in [4.78, 5) is 15.0. The zero-order valence-corrected chi connectivity index (χ0v) is 18.7. The van der Waals surface area contributed by atoms with Crippen LogP contribution in [0.15, 0.2) is 77.7 Å². The molecule has 32 heavy (non-hydrogen) atoms. The van der Waals surface area contributed by atoms with Crippen molar-refractivity contribution in [3.8, 4) is 0 Å². The molecular formula is C23H22ClN3O4S. The van der Waals surface area contributed by atoms with E-state index in [9.17, 15) is 13.2 Å². The Morgan fingerprint density at radius 2 is 1.56 bits per heavy atom. The number of halogens is 1. The van der Waals surface area contributed by atoms with E-state index < -0.39 is 10.0 Å². The van der Waals surface area contributed by atoms with Gasteiger partial charge in [0, 0.05) is 24.5 Å². The number of ether oxygens (including phenoxy) is 1. The Kier molecular flexibility index (Phi) is 6.64. The molecule has 7 nitrogen and oxygen atoms in total. The molecular weight excluding hydrogens is 450 g/mol. The average Bonchev–Trinajstić information content (AvgIpc) is 2.80. The van der Waals surface area contributed by atoms with Crippen molar-refractivity contribution in [1.29, 1.82) is 0 Å². The fourth-order valence-electron chi connectivity index (χ4n) is 3.35. The van der Waals surface area contributed by atoms with Crippen LogP contribution >= 0.6 is 11.6 Å². The summed E-state index contributed by atoms with van der Waals surface area (Å²) in [6, 6.07) is 20.0. The molecule has 9 heteroatoms. The van der Waals surface area contributed by atoms with Gasteiger partial charge in [0.2, 0.25) is 0 Å². The summed E-state index contributed by atoms with van der Waals surface area (Å²) in [5.74, 6) is -0.383. The smallest absolute Gasteiger partial charge is 0.261 e. The predicted molar refractivity (Wildman–Crippen MR) is 126 cm³/mol. The lowest BCUT2D eigenvalue weighted by atomic mass is 10.2. The van der Waals surface area contributed by atoms with Crippen LogP contribution in [0.3, 0.4) is 0 Å². The molecule has 1 aliphatic rings. The van der Waals surface area contributed by atoms with Crippen LogP contribution in [0.5, 0.6) is 0 Å². The molecule has 0 aromatic heterocycles. The Morgan fingerprint density at radius 1 is 0.906 bits per heavy atom. The summed E-state index contributed by atoms with van der Waals surface area (Å²) in [5.41, 5.74) is 2.22. The van der Waals surface area contributed by atoms with Crippen LogP contribution in [0.4, 0.5) is 17.1 Å². The van der Waals surface area contributed by atoms with Crippen molar-refractivity contribution in [3.05, 3.63) is 83.4 Å². The van der Waals surface area contributed by atoms with Gasteiger partial charge >= 0.3 is 0 Å². The number of anilines is 3. The van der Waals surface area contributed by atoms with Gasteiger partial charge in [-0.05, 0) is 54.6 Å². The monoisotopic (exact) mass is 471 g/mol. The van der Waals surface area contributed by atoms with E-state index in [1.165, 1.54) is 30.3 Å². The second-order valence-corrected chi connectivity index (χ2v) is 9.30. The SMILES string of the molecule is O=C(Nc1ccc(N2CCOCC2)cc1)c1ccc(NS(=O)(=O)c2ccccc2)cc1Cl. The van der Waals surface area contributed by atoms with E-state index in [4.69, 9.17) is 16.3 Å². The van der Waals surface area contributed by atoms with Crippen LogP contribution in [0.1, 0.15) is 10.4 Å². The maximum Gasteiger partial charge on any atom is 0.261 e. The summed E-state index contributed by atoms with van der Waals surface area (Å²) < 4.78 is 32.8. The number of amides is 1. The first-order valence-electron chi connectivity index (χ1n) is 10.0. The summed E-state index contributed by atoms with van der Waals surface area (Å²) in [7, 11) is -3.75. The van der Waals surface area contributed by atoms with Crippen LogP contribution in [0.2, 0.25) is 5.02 Å². The number of benzene rings is 3. The minimum absolute atomic E-state index is 0.137. The van der Waals surface area contributed by atoms with Crippen molar-refractivity contribution in [2.45, 2.75) is 4.90 Å². The van der Waals surface area contributed by atoms with Crippen molar-refractivity contribution in [1.82, 2.24) is 0 Å². The van der Waals surface area contributed by atoms with Gasteiger partial charge in [-0.1, -0.05) is 29.8 Å². The quantitative estimate of drug-likeness (QED) is 0.561. The Morgan fingerprint density at radius 3 is 2.22 bits per heavy atom. The summed E-state index contributed by atoms with van der Waals surface area (Å²) in [5, 5.41) is 2.96. The predicted octanol–water partition coefficient (Wildman–Crippen LogP) is 4.23. The molecule has 0 atom stereocenters. The van der Waals surface area contributed by atoms with Crippen molar-refractivity contribution >= 4 is 44.6 Å². The standard InChI is InChI=1S/C23H22ClN3O4S/c24-22-16-18(26-32(29,30)20-4-2-1-3-5-20)8-11-21(22)23(28)25-17-6-9-19(10-7-17)27-12-14-31-15-13-27/h1-11,16,26H,12-15H2,(H,25,28). The van der Waals surface area contributed by atoms with Crippen LogP contribution < -0.4 is 14.9 Å². The number of nitrogens with zero attached hydrogens (tertiary/aromatic N) is 1. The molecule has 166 valence electrons. The van der Waals surface area contributed by atoms with Crippen LogP contribution in [-0.2, 0) is 14.8 Å².